The van der Waals surface area contributed by atoms with Crippen LogP contribution in [0.2, 0.25) is 5.02 Å². The fraction of sp³-hybridized carbons (Fsp3) is 0.424. The Bertz CT molecular complexity index is 1410. The van der Waals surface area contributed by atoms with Gasteiger partial charge in [-0.25, -0.2) is 0 Å². The third kappa shape index (κ3) is 4.98. The zero-order chi connectivity index (χ0) is 27.9. The molecule has 2 fully saturated rings. The van der Waals surface area contributed by atoms with Gasteiger partial charge < -0.3 is 15.1 Å². The zero-order valence-electron chi connectivity index (χ0n) is 23.3. The fourth-order valence-electron chi connectivity index (χ4n) is 6.81. The van der Waals surface area contributed by atoms with Gasteiger partial charge in [0.2, 0.25) is 5.91 Å². The van der Waals surface area contributed by atoms with Crippen LogP contribution in [0, 0.1) is 5.41 Å². The number of hydrogen-bond donors (Lipinski definition) is 1. The second-order valence-electron chi connectivity index (χ2n) is 12.3. The molecule has 0 bridgehead atoms. The molecule has 6 rings (SSSR count). The number of rotatable bonds is 5. The molecule has 0 unspecified atom stereocenters. The monoisotopic (exact) mass is 556 g/mol. The standard InChI is InChI=1S/C33H37ClN4O2/c1-32(2,27-5-3-4-6-28(27)34)31(40)36-29-10-9-23-7-8-24(21-26(23)29)30(39)38-20-15-33(22-38)13-18-37(19-14-33)25-11-16-35-17-12-25/h3-8,11-12,16-17,21,29H,9-10,13-15,18-20,22H2,1-2H3,(H,36,40)/t29-/m1/s1. The second-order valence-corrected chi connectivity index (χ2v) is 12.7. The maximum absolute atomic E-state index is 13.7. The molecule has 7 heteroatoms. The van der Waals surface area contributed by atoms with Crippen molar-refractivity contribution < 1.29 is 9.59 Å². The van der Waals surface area contributed by atoms with Crippen LogP contribution in [0.25, 0.3) is 0 Å². The van der Waals surface area contributed by atoms with Crippen molar-refractivity contribution in [2.75, 3.05) is 31.1 Å². The van der Waals surface area contributed by atoms with Gasteiger partial charge in [0.1, 0.15) is 0 Å². The van der Waals surface area contributed by atoms with E-state index in [9.17, 15) is 9.59 Å². The van der Waals surface area contributed by atoms with Crippen molar-refractivity contribution in [1.29, 1.82) is 0 Å². The molecule has 2 aromatic carbocycles. The van der Waals surface area contributed by atoms with E-state index >= 15 is 0 Å². The van der Waals surface area contributed by atoms with Gasteiger partial charge in [-0.3, -0.25) is 14.6 Å². The SMILES string of the molecule is CC(C)(C(=O)N[C@@H]1CCc2ccc(C(=O)N3CCC4(CCN(c5ccncc5)CC4)C3)cc21)c1ccccc1Cl. The molecule has 3 aromatic rings. The second kappa shape index (κ2) is 10.5. The Morgan fingerprint density at radius 3 is 2.48 bits per heavy atom. The molecule has 1 aliphatic carbocycles. The van der Waals surface area contributed by atoms with Crippen molar-refractivity contribution in [3.8, 4) is 0 Å². The molecule has 1 N–H and O–H groups in total. The van der Waals surface area contributed by atoms with Crippen LogP contribution < -0.4 is 10.2 Å². The number of pyridine rings is 1. The summed E-state index contributed by atoms with van der Waals surface area (Å²) < 4.78 is 0. The van der Waals surface area contributed by atoms with Crippen LogP contribution in [0.5, 0.6) is 0 Å². The molecule has 0 saturated carbocycles. The number of anilines is 1. The van der Waals surface area contributed by atoms with Crippen LogP contribution in [0.1, 0.15) is 72.6 Å². The molecule has 2 aliphatic heterocycles. The van der Waals surface area contributed by atoms with Crippen LogP contribution in [0.4, 0.5) is 5.69 Å². The average Bonchev–Trinajstić information content (AvgIpc) is 3.57. The van der Waals surface area contributed by atoms with Crippen molar-refractivity contribution in [2.45, 2.75) is 57.4 Å². The molecule has 1 atom stereocenters. The predicted octanol–water partition coefficient (Wildman–Crippen LogP) is 5.95. The summed E-state index contributed by atoms with van der Waals surface area (Å²) in [6, 6.07) is 17.6. The van der Waals surface area contributed by atoms with Gasteiger partial charge in [0.05, 0.1) is 11.5 Å². The van der Waals surface area contributed by atoms with E-state index in [1.54, 1.807) is 0 Å². The molecule has 40 heavy (non-hydrogen) atoms. The number of nitrogens with one attached hydrogen (secondary N) is 1. The first-order valence-corrected chi connectivity index (χ1v) is 14.8. The Morgan fingerprint density at radius 2 is 1.73 bits per heavy atom. The topological polar surface area (TPSA) is 65.5 Å². The minimum atomic E-state index is -0.772. The summed E-state index contributed by atoms with van der Waals surface area (Å²) in [5.74, 6) is 0.0411. The summed E-state index contributed by atoms with van der Waals surface area (Å²) in [4.78, 5) is 35.7. The molecule has 2 saturated heterocycles. The van der Waals surface area contributed by atoms with Crippen molar-refractivity contribution in [2.24, 2.45) is 5.41 Å². The predicted molar refractivity (Wildman–Crippen MR) is 159 cm³/mol. The van der Waals surface area contributed by atoms with Crippen LogP contribution in [-0.2, 0) is 16.6 Å². The van der Waals surface area contributed by atoms with E-state index in [4.69, 9.17) is 11.6 Å². The number of aryl methyl sites for hydroxylation is 1. The summed E-state index contributed by atoms with van der Waals surface area (Å²) in [7, 11) is 0. The van der Waals surface area contributed by atoms with Crippen molar-refractivity contribution in [3.05, 3.63) is 94.3 Å². The van der Waals surface area contributed by atoms with E-state index in [2.05, 4.69) is 33.4 Å². The van der Waals surface area contributed by atoms with E-state index in [1.807, 2.05) is 67.5 Å². The van der Waals surface area contributed by atoms with Crippen molar-refractivity contribution >= 4 is 29.1 Å². The number of fused-ring (bicyclic) bond motifs is 1. The molecule has 6 nitrogen and oxygen atoms in total. The molecule has 1 spiro atoms. The van der Waals surface area contributed by atoms with Crippen LogP contribution in [-0.4, -0.2) is 47.9 Å². The van der Waals surface area contributed by atoms with Crippen LogP contribution in [0.3, 0.4) is 0 Å². The fourth-order valence-corrected chi connectivity index (χ4v) is 7.18. The van der Waals surface area contributed by atoms with Crippen molar-refractivity contribution in [1.82, 2.24) is 15.2 Å². The maximum atomic E-state index is 13.7. The highest BCUT2D eigenvalue weighted by atomic mass is 35.5. The third-order valence-corrected chi connectivity index (χ3v) is 9.80. The first-order chi connectivity index (χ1) is 19.3. The lowest BCUT2D eigenvalue weighted by molar-refractivity contribution is -0.126. The average molecular weight is 557 g/mol. The van der Waals surface area contributed by atoms with E-state index < -0.39 is 5.41 Å². The van der Waals surface area contributed by atoms with E-state index in [0.717, 1.165) is 75.0 Å². The van der Waals surface area contributed by atoms with E-state index in [1.165, 1.54) is 11.3 Å². The Kier molecular flexibility index (Phi) is 7.07. The Balaban J connectivity index is 1.12. The minimum absolute atomic E-state index is 0.0604. The van der Waals surface area contributed by atoms with Gasteiger partial charge in [0, 0.05) is 54.8 Å². The highest BCUT2D eigenvalue weighted by Crippen LogP contribution is 2.42. The summed E-state index contributed by atoms with van der Waals surface area (Å²) in [6.45, 7) is 7.46. The number of piperidine rings is 1. The molecule has 2 amide bonds. The first-order valence-electron chi connectivity index (χ1n) is 14.4. The molecule has 208 valence electrons. The Labute approximate surface area is 241 Å². The molecule has 3 heterocycles. The number of carbonyl (C=O) groups is 2. The summed E-state index contributed by atoms with van der Waals surface area (Å²) >= 11 is 6.43. The van der Waals surface area contributed by atoms with Gasteiger partial charge in [0.25, 0.3) is 5.91 Å². The summed E-state index contributed by atoms with van der Waals surface area (Å²) in [6.07, 6.45) is 8.67. The molecule has 1 aromatic heterocycles. The van der Waals surface area contributed by atoms with Gasteiger partial charge in [-0.1, -0.05) is 35.9 Å². The third-order valence-electron chi connectivity index (χ3n) is 9.47. The number of hydrogen-bond acceptors (Lipinski definition) is 4. The van der Waals surface area contributed by atoms with Crippen LogP contribution >= 0.6 is 11.6 Å². The Hall–Kier alpha value is -3.38. The smallest absolute Gasteiger partial charge is 0.253 e. The number of benzene rings is 2. The highest BCUT2D eigenvalue weighted by Gasteiger charge is 2.42. The molecular weight excluding hydrogens is 520 g/mol. The normalized spacial score (nSPS) is 20.0. The number of aromatic nitrogens is 1. The van der Waals surface area contributed by atoms with Gasteiger partial charge in [-0.05, 0) is 98.4 Å². The lowest BCUT2D eigenvalue weighted by atomic mass is 9.77. The summed E-state index contributed by atoms with van der Waals surface area (Å²) in [5.41, 5.74) is 4.46. The number of carbonyl (C=O) groups excluding carboxylic acids is 2. The van der Waals surface area contributed by atoms with E-state index in [-0.39, 0.29) is 23.3 Å². The minimum Gasteiger partial charge on any atom is -0.371 e. The van der Waals surface area contributed by atoms with Crippen molar-refractivity contribution in [3.63, 3.8) is 0 Å². The summed E-state index contributed by atoms with van der Waals surface area (Å²) in [5, 5.41) is 3.86. The van der Waals surface area contributed by atoms with Gasteiger partial charge >= 0.3 is 0 Å². The largest absolute Gasteiger partial charge is 0.371 e. The number of halogens is 1. The van der Waals surface area contributed by atoms with E-state index in [0.29, 0.717) is 5.02 Å². The molecule has 0 radical (unpaired) electrons. The van der Waals surface area contributed by atoms with Gasteiger partial charge in [-0.2, -0.15) is 0 Å². The lowest BCUT2D eigenvalue weighted by Gasteiger charge is -2.40. The zero-order valence-corrected chi connectivity index (χ0v) is 24.1. The molecule has 3 aliphatic rings. The number of amides is 2. The molecular formula is C33H37ClN4O2. The number of nitrogens with zero attached hydrogens (tertiary/aromatic N) is 3. The first kappa shape index (κ1) is 26.8. The highest BCUT2D eigenvalue weighted by molar-refractivity contribution is 6.31. The van der Waals surface area contributed by atoms with Crippen LogP contribution in [0.15, 0.2) is 67.0 Å². The van der Waals surface area contributed by atoms with Gasteiger partial charge in [-0.15, -0.1) is 0 Å². The quantitative estimate of drug-likeness (QED) is 0.422. The number of likely N-dealkylation sites (tertiary alicyclic amines) is 1. The lowest BCUT2D eigenvalue weighted by Crippen LogP contribution is -2.42. The Morgan fingerprint density at radius 1 is 1.00 bits per heavy atom. The maximum Gasteiger partial charge on any atom is 0.253 e. The van der Waals surface area contributed by atoms with Gasteiger partial charge in [0.15, 0.2) is 0 Å².